The van der Waals surface area contributed by atoms with E-state index in [9.17, 15) is 0 Å². The zero-order chi connectivity index (χ0) is 13.6. The van der Waals surface area contributed by atoms with Gasteiger partial charge >= 0.3 is 0 Å². The number of hydrogen-bond donors (Lipinski definition) is 0. The zero-order valence-electron chi connectivity index (χ0n) is 12.0. The first kappa shape index (κ1) is 12.0. The second-order valence-electron chi connectivity index (χ2n) is 5.45. The van der Waals surface area contributed by atoms with E-state index in [1.807, 2.05) is 0 Å². The summed E-state index contributed by atoms with van der Waals surface area (Å²) >= 11 is 0. The van der Waals surface area contributed by atoms with E-state index >= 15 is 0 Å². The molecular weight excluding hydrogens is 230 g/mol. The van der Waals surface area contributed by atoms with Crippen LogP contribution >= 0.6 is 0 Å². The Kier molecular flexibility index (Phi) is 2.70. The molecule has 0 atom stereocenters. The molecule has 1 nitrogen and oxygen atoms in total. The monoisotopic (exact) mass is 249 g/mol. The Balaban J connectivity index is 2.25. The fourth-order valence-corrected chi connectivity index (χ4v) is 2.64. The number of aryl methyl sites for hydroxylation is 3. The van der Waals surface area contributed by atoms with E-state index in [4.69, 9.17) is 0 Å². The summed E-state index contributed by atoms with van der Waals surface area (Å²) in [5.74, 6) is 0. The van der Waals surface area contributed by atoms with Gasteiger partial charge in [-0.3, -0.25) is 0 Å². The van der Waals surface area contributed by atoms with Gasteiger partial charge in [-0.2, -0.15) is 0 Å². The molecule has 3 aromatic rings. The molecule has 19 heavy (non-hydrogen) atoms. The number of benzene rings is 2. The summed E-state index contributed by atoms with van der Waals surface area (Å²) in [5.41, 5.74) is 7.92. The van der Waals surface area contributed by atoms with Crippen LogP contribution < -0.4 is 0 Å². The highest BCUT2D eigenvalue weighted by Crippen LogP contribution is 2.24. The number of aromatic nitrogens is 1. The van der Waals surface area contributed by atoms with Gasteiger partial charge in [-0.1, -0.05) is 11.6 Å². The summed E-state index contributed by atoms with van der Waals surface area (Å²) in [6.07, 6.45) is 2.16. The molecule has 1 aromatic heterocycles. The molecule has 0 aliphatic rings. The molecule has 3 rings (SSSR count). The average molecular weight is 249 g/mol. The lowest BCUT2D eigenvalue weighted by molar-refractivity contribution is 1.10. The van der Waals surface area contributed by atoms with E-state index in [0.29, 0.717) is 0 Å². The van der Waals surface area contributed by atoms with Gasteiger partial charge in [0.2, 0.25) is 0 Å². The molecule has 0 saturated carbocycles. The molecule has 0 bridgehead atoms. The quantitative estimate of drug-likeness (QED) is 0.580. The van der Waals surface area contributed by atoms with Crippen LogP contribution in [0.15, 0.2) is 42.6 Å². The maximum absolute atomic E-state index is 2.27. The second kappa shape index (κ2) is 4.27. The molecule has 0 unspecified atom stereocenters. The van der Waals surface area contributed by atoms with Crippen LogP contribution in [0.4, 0.5) is 0 Å². The normalized spacial score (nSPS) is 11.2. The predicted octanol–water partition coefficient (Wildman–Crippen LogP) is 4.86. The van der Waals surface area contributed by atoms with Crippen LogP contribution in [0.5, 0.6) is 0 Å². The van der Waals surface area contributed by atoms with Gasteiger partial charge in [0.1, 0.15) is 0 Å². The van der Waals surface area contributed by atoms with Crippen LogP contribution in [0.25, 0.3) is 16.6 Å². The van der Waals surface area contributed by atoms with E-state index in [1.54, 1.807) is 0 Å². The topological polar surface area (TPSA) is 4.93 Å². The number of rotatable bonds is 1. The molecule has 0 aliphatic heterocycles. The summed E-state index contributed by atoms with van der Waals surface area (Å²) in [7, 11) is 0. The van der Waals surface area contributed by atoms with E-state index in [1.165, 1.54) is 38.8 Å². The third-order valence-electron chi connectivity index (χ3n) is 4.04. The van der Waals surface area contributed by atoms with Crippen molar-refractivity contribution in [3.05, 3.63) is 64.8 Å². The van der Waals surface area contributed by atoms with Crippen molar-refractivity contribution in [1.82, 2.24) is 4.57 Å². The van der Waals surface area contributed by atoms with Gasteiger partial charge in [0, 0.05) is 17.3 Å². The standard InChI is InChI=1S/C18H19N/c1-12-5-6-18-16(9-12)7-8-19(18)17-10-13(2)15(4)14(3)11-17/h5-11H,1-4H3. The van der Waals surface area contributed by atoms with Crippen LogP contribution in [-0.2, 0) is 0 Å². The summed E-state index contributed by atoms with van der Waals surface area (Å²) in [4.78, 5) is 0. The Hall–Kier alpha value is -2.02. The van der Waals surface area contributed by atoms with Crippen molar-refractivity contribution >= 4 is 10.9 Å². The average Bonchev–Trinajstić information content (AvgIpc) is 2.78. The van der Waals surface area contributed by atoms with E-state index < -0.39 is 0 Å². The van der Waals surface area contributed by atoms with E-state index in [-0.39, 0.29) is 0 Å². The molecule has 0 saturated heterocycles. The Labute approximate surface area is 114 Å². The Bertz CT molecular complexity index is 739. The van der Waals surface area contributed by atoms with Crippen molar-refractivity contribution in [1.29, 1.82) is 0 Å². The smallest absolute Gasteiger partial charge is 0.0528 e. The van der Waals surface area contributed by atoms with Crippen LogP contribution in [0.3, 0.4) is 0 Å². The van der Waals surface area contributed by atoms with Crippen LogP contribution in [0, 0.1) is 27.7 Å². The first-order chi connectivity index (χ1) is 9.06. The van der Waals surface area contributed by atoms with Crippen molar-refractivity contribution in [3.63, 3.8) is 0 Å². The molecule has 2 aromatic carbocycles. The van der Waals surface area contributed by atoms with Gasteiger partial charge in [0.15, 0.2) is 0 Å². The fourth-order valence-electron chi connectivity index (χ4n) is 2.64. The highest BCUT2D eigenvalue weighted by Gasteiger charge is 2.06. The maximum atomic E-state index is 2.27. The Morgan fingerprint density at radius 3 is 2.16 bits per heavy atom. The first-order valence-electron chi connectivity index (χ1n) is 6.72. The molecule has 0 fully saturated rings. The lowest BCUT2D eigenvalue weighted by atomic mass is 10.0. The molecule has 0 radical (unpaired) electrons. The minimum absolute atomic E-state index is 1.25. The third kappa shape index (κ3) is 1.95. The molecule has 0 spiro atoms. The molecule has 0 aliphatic carbocycles. The Morgan fingerprint density at radius 1 is 0.789 bits per heavy atom. The van der Waals surface area contributed by atoms with E-state index in [2.05, 4.69) is 74.9 Å². The van der Waals surface area contributed by atoms with E-state index in [0.717, 1.165) is 0 Å². The minimum Gasteiger partial charge on any atom is -0.317 e. The van der Waals surface area contributed by atoms with Crippen LogP contribution in [0.1, 0.15) is 22.3 Å². The summed E-state index contributed by atoms with van der Waals surface area (Å²) in [6, 6.07) is 13.3. The van der Waals surface area contributed by atoms with Crippen molar-refractivity contribution < 1.29 is 0 Å². The summed E-state index contributed by atoms with van der Waals surface area (Å²) in [6.45, 7) is 8.69. The zero-order valence-corrected chi connectivity index (χ0v) is 12.0. The third-order valence-corrected chi connectivity index (χ3v) is 4.04. The SMILES string of the molecule is Cc1ccc2c(ccn2-c2cc(C)c(C)c(C)c2)c1. The van der Waals surface area contributed by atoms with Gasteiger partial charge in [-0.05, 0) is 74.7 Å². The number of nitrogens with zero attached hydrogens (tertiary/aromatic N) is 1. The fraction of sp³-hybridized carbons (Fsp3) is 0.222. The molecule has 0 N–H and O–H groups in total. The van der Waals surface area contributed by atoms with Crippen molar-refractivity contribution in [3.8, 4) is 5.69 Å². The Morgan fingerprint density at radius 2 is 1.47 bits per heavy atom. The van der Waals surface area contributed by atoms with Gasteiger partial charge in [0.25, 0.3) is 0 Å². The molecule has 1 heterocycles. The first-order valence-corrected chi connectivity index (χ1v) is 6.72. The van der Waals surface area contributed by atoms with Gasteiger partial charge in [-0.25, -0.2) is 0 Å². The second-order valence-corrected chi connectivity index (χ2v) is 5.45. The maximum Gasteiger partial charge on any atom is 0.0528 e. The van der Waals surface area contributed by atoms with Gasteiger partial charge < -0.3 is 4.57 Å². The van der Waals surface area contributed by atoms with Crippen molar-refractivity contribution in [2.45, 2.75) is 27.7 Å². The van der Waals surface area contributed by atoms with Gasteiger partial charge in [-0.15, -0.1) is 0 Å². The number of hydrogen-bond acceptors (Lipinski definition) is 0. The summed E-state index contributed by atoms with van der Waals surface area (Å²) < 4.78 is 2.27. The highest BCUT2D eigenvalue weighted by atomic mass is 15.0. The van der Waals surface area contributed by atoms with Crippen molar-refractivity contribution in [2.75, 3.05) is 0 Å². The molecule has 96 valence electrons. The largest absolute Gasteiger partial charge is 0.317 e. The van der Waals surface area contributed by atoms with Crippen LogP contribution in [-0.4, -0.2) is 4.57 Å². The van der Waals surface area contributed by atoms with Crippen molar-refractivity contribution in [2.24, 2.45) is 0 Å². The molecule has 0 amide bonds. The molecular formula is C18H19N. The lowest BCUT2D eigenvalue weighted by Gasteiger charge is -2.11. The van der Waals surface area contributed by atoms with Crippen LogP contribution in [0.2, 0.25) is 0 Å². The number of fused-ring (bicyclic) bond motifs is 1. The predicted molar refractivity (Wildman–Crippen MR) is 82.2 cm³/mol. The van der Waals surface area contributed by atoms with Gasteiger partial charge in [0.05, 0.1) is 5.52 Å². The highest BCUT2D eigenvalue weighted by molar-refractivity contribution is 5.82. The summed E-state index contributed by atoms with van der Waals surface area (Å²) in [5, 5.41) is 1.30. The minimum atomic E-state index is 1.25. The lowest BCUT2D eigenvalue weighted by Crippen LogP contribution is -1.96. The molecule has 1 heteroatoms.